The van der Waals surface area contributed by atoms with Crippen LogP contribution in [0, 0.1) is 5.82 Å². The summed E-state index contributed by atoms with van der Waals surface area (Å²) in [6.07, 6.45) is 3.64. The summed E-state index contributed by atoms with van der Waals surface area (Å²) in [7, 11) is 1.82. The van der Waals surface area contributed by atoms with Gasteiger partial charge in [-0.3, -0.25) is 9.67 Å². The standard InChI is InChI=1S/C12H16FN5/c1-3-14-10(7-11-16-8-17-18(11)2)12-9(13)5-4-6-15-12/h4-6,8,10,14H,3,7H2,1-2H3. The fourth-order valence-corrected chi connectivity index (χ4v) is 1.85. The minimum absolute atomic E-state index is 0.195. The predicted molar refractivity (Wildman–Crippen MR) is 65.3 cm³/mol. The van der Waals surface area contributed by atoms with Crippen LogP contribution < -0.4 is 5.32 Å². The number of hydrogen-bond donors (Lipinski definition) is 1. The molecule has 1 N–H and O–H groups in total. The highest BCUT2D eigenvalue weighted by atomic mass is 19.1. The van der Waals surface area contributed by atoms with Crippen molar-refractivity contribution >= 4 is 0 Å². The Morgan fingerprint density at radius 3 is 2.89 bits per heavy atom. The molecule has 0 spiro atoms. The molecule has 1 unspecified atom stereocenters. The predicted octanol–water partition coefficient (Wildman–Crippen LogP) is 1.24. The lowest BCUT2D eigenvalue weighted by Crippen LogP contribution is -2.26. The van der Waals surface area contributed by atoms with Crippen LogP contribution in [-0.2, 0) is 13.5 Å². The van der Waals surface area contributed by atoms with Gasteiger partial charge in [0.25, 0.3) is 0 Å². The molecule has 0 amide bonds. The van der Waals surface area contributed by atoms with Gasteiger partial charge in [0.1, 0.15) is 18.0 Å². The lowest BCUT2D eigenvalue weighted by atomic mass is 10.1. The molecule has 0 fully saturated rings. The Kier molecular flexibility index (Phi) is 3.99. The molecule has 0 radical (unpaired) electrons. The van der Waals surface area contributed by atoms with E-state index in [1.165, 1.54) is 12.4 Å². The molecule has 2 aromatic rings. The second-order valence-corrected chi connectivity index (χ2v) is 3.98. The number of aryl methyl sites for hydroxylation is 1. The van der Waals surface area contributed by atoms with Crippen LogP contribution in [0.1, 0.15) is 24.5 Å². The first-order valence-electron chi connectivity index (χ1n) is 5.89. The smallest absolute Gasteiger partial charge is 0.146 e. The highest BCUT2D eigenvalue weighted by molar-refractivity contribution is 5.13. The minimum atomic E-state index is -0.300. The number of nitrogens with zero attached hydrogens (tertiary/aromatic N) is 4. The third-order valence-corrected chi connectivity index (χ3v) is 2.76. The lowest BCUT2D eigenvalue weighted by molar-refractivity contribution is 0.478. The molecule has 0 saturated heterocycles. The van der Waals surface area contributed by atoms with Crippen molar-refractivity contribution in [3.8, 4) is 0 Å². The summed E-state index contributed by atoms with van der Waals surface area (Å²) in [5.41, 5.74) is 0.419. The van der Waals surface area contributed by atoms with E-state index in [1.807, 2.05) is 14.0 Å². The molecule has 0 aliphatic carbocycles. The molecule has 18 heavy (non-hydrogen) atoms. The van der Waals surface area contributed by atoms with E-state index in [0.29, 0.717) is 12.1 Å². The van der Waals surface area contributed by atoms with Gasteiger partial charge in [0, 0.05) is 19.7 Å². The van der Waals surface area contributed by atoms with Crippen molar-refractivity contribution in [2.24, 2.45) is 7.05 Å². The molecule has 2 rings (SSSR count). The Morgan fingerprint density at radius 1 is 1.44 bits per heavy atom. The van der Waals surface area contributed by atoms with Crippen molar-refractivity contribution in [3.63, 3.8) is 0 Å². The van der Waals surface area contributed by atoms with Crippen molar-refractivity contribution in [3.05, 3.63) is 42.0 Å². The Morgan fingerprint density at radius 2 is 2.28 bits per heavy atom. The summed E-state index contributed by atoms with van der Waals surface area (Å²) in [5, 5.41) is 7.23. The number of likely N-dealkylation sites (N-methyl/N-ethyl adjacent to an activating group) is 1. The average molecular weight is 249 g/mol. The Bertz CT molecular complexity index is 511. The number of rotatable bonds is 5. The Balaban J connectivity index is 2.24. The van der Waals surface area contributed by atoms with E-state index >= 15 is 0 Å². The number of aromatic nitrogens is 4. The zero-order valence-corrected chi connectivity index (χ0v) is 10.5. The fourth-order valence-electron chi connectivity index (χ4n) is 1.85. The molecule has 5 nitrogen and oxygen atoms in total. The quantitative estimate of drug-likeness (QED) is 0.866. The largest absolute Gasteiger partial charge is 0.308 e. The Labute approximate surface area is 105 Å². The summed E-state index contributed by atoms with van der Waals surface area (Å²) in [6, 6.07) is 2.81. The van der Waals surface area contributed by atoms with E-state index in [1.54, 1.807) is 16.9 Å². The zero-order valence-electron chi connectivity index (χ0n) is 10.5. The van der Waals surface area contributed by atoms with Gasteiger partial charge in [-0.1, -0.05) is 6.92 Å². The second kappa shape index (κ2) is 5.68. The van der Waals surface area contributed by atoms with Gasteiger partial charge in [-0.2, -0.15) is 5.10 Å². The number of halogens is 1. The highest BCUT2D eigenvalue weighted by Gasteiger charge is 2.18. The van der Waals surface area contributed by atoms with Crippen LogP contribution in [0.25, 0.3) is 0 Å². The number of hydrogen-bond acceptors (Lipinski definition) is 4. The maximum absolute atomic E-state index is 13.7. The van der Waals surface area contributed by atoms with E-state index < -0.39 is 0 Å². The molecular formula is C12H16FN5. The molecule has 0 aromatic carbocycles. The third-order valence-electron chi connectivity index (χ3n) is 2.76. The molecular weight excluding hydrogens is 233 g/mol. The van der Waals surface area contributed by atoms with E-state index in [0.717, 1.165) is 12.4 Å². The molecule has 0 bridgehead atoms. The monoisotopic (exact) mass is 249 g/mol. The average Bonchev–Trinajstić information content (AvgIpc) is 2.75. The van der Waals surface area contributed by atoms with E-state index in [4.69, 9.17) is 0 Å². The molecule has 96 valence electrons. The summed E-state index contributed by atoms with van der Waals surface area (Å²) in [5.74, 6) is 0.497. The van der Waals surface area contributed by atoms with Crippen LogP contribution in [0.5, 0.6) is 0 Å². The fraction of sp³-hybridized carbons (Fsp3) is 0.417. The summed E-state index contributed by atoms with van der Waals surface area (Å²) >= 11 is 0. The molecule has 0 aliphatic heterocycles. The van der Waals surface area contributed by atoms with Gasteiger partial charge in [-0.15, -0.1) is 0 Å². The zero-order chi connectivity index (χ0) is 13.0. The topological polar surface area (TPSA) is 55.6 Å². The Hall–Kier alpha value is -1.82. The van der Waals surface area contributed by atoms with Crippen LogP contribution >= 0.6 is 0 Å². The van der Waals surface area contributed by atoms with Crippen molar-refractivity contribution in [1.29, 1.82) is 0 Å². The van der Waals surface area contributed by atoms with Gasteiger partial charge in [0.15, 0.2) is 0 Å². The van der Waals surface area contributed by atoms with Crippen LogP contribution in [0.15, 0.2) is 24.7 Å². The van der Waals surface area contributed by atoms with Crippen LogP contribution in [-0.4, -0.2) is 26.3 Å². The SMILES string of the molecule is CCNC(Cc1ncnn1C)c1ncccc1F. The highest BCUT2D eigenvalue weighted by Crippen LogP contribution is 2.17. The van der Waals surface area contributed by atoms with Gasteiger partial charge in [0.2, 0.25) is 0 Å². The molecule has 1 atom stereocenters. The maximum Gasteiger partial charge on any atom is 0.146 e. The van der Waals surface area contributed by atoms with Crippen LogP contribution in [0.3, 0.4) is 0 Å². The van der Waals surface area contributed by atoms with E-state index in [2.05, 4.69) is 20.4 Å². The van der Waals surface area contributed by atoms with E-state index in [-0.39, 0.29) is 11.9 Å². The molecule has 0 aliphatic rings. The summed E-state index contributed by atoms with van der Waals surface area (Å²) in [4.78, 5) is 8.27. The molecule has 0 saturated carbocycles. The number of pyridine rings is 1. The van der Waals surface area contributed by atoms with Gasteiger partial charge in [0.05, 0.1) is 11.7 Å². The van der Waals surface area contributed by atoms with Gasteiger partial charge < -0.3 is 5.32 Å². The van der Waals surface area contributed by atoms with E-state index in [9.17, 15) is 4.39 Å². The van der Waals surface area contributed by atoms with Gasteiger partial charge in [-0.05, 0) is 18.7 Å². The molecule has 2 aromatic heterocycles. The van der Waals surface area contributed by atoms with Crippen LogP contribution in [0.4, 0.5) is 4.39 Å². The van der Waals surface area contributed by atoms with Gasteiger partial charge in [-0.25, -0.2) is 9.37 Å². The van der Waals surface area contributed by atoms with Crippen molar-refractivity contribution in [1.82, 2.24) is 25.1 Å². The third kappa shape index (κ3) is 2.70. The van der Waals surface area contributed by atoms with Crippen molar-refractivity contribution in [2.45, 2.75) is 19.4 Å². The first kappa shape index (κ1) is 12.6. The minimum Gasteiger partial charge on any atom is -0.308 e. The number of nitrogens with one attached hydrogen (secondary N) is 1. The van der Waals surface area contributed by atoms with Crippen LogP contribution in [0.2, 0.25) is 0 Å². The normalized spacial score (nSPS) is 12.6. The second-order valence-electron chi connectivity index (χ2n) is 3.98. The first-order valence-corrected chi connectivity index (χ1v) is 5.89. The summed E-state index contributed by atoms with van der Waals surface area (Å²) < 4.78 is 15.4. The van der Waals surface area contributed by atoms with Crippen molar-refractivity contribution < 1.29 is 4.39 Å². The maximum atomic E-state index is 13.7. The first-order chi connectivity index (χ1) is 8.72. The molecule has 2 heterocycles. The molecule has 6 heteroatoms. The lowest BCUT2D eigenvalue weighted by Gasteiger charge is -2.17. The van der Waals surface area contributed by atoms with Crippen molar-refractivity contribution in [2.75, 3.05) is 6.54 Å². The van der Waals surface area contributed by atoms with Gasteiger partial charge >= 0.3 is 0 Å². The summed E-state index contributed by atoms with van der Waals surface area (Å²) in [6.45, 7) is 2.71.